The first-order chi connectivity index (χ1) is 4.36. The molecule has 0 saturated carbocycles. The van der Waals surface area contributed by atoms with Gasteiger partial charge in [-0.15, -0.1) is 11.3 Å². The lowest BCUT2D eigenvalue weighted by molar-refractivity contribution is 0.112. The maximum absolute atomic E-state index is 11.7. The number of aldehydes is 1. The second kappa shape index (κ2) is 2.68. The summed E-state index contributed by atoms with van der Waals surface area (Å²) in [7, 11) is 0. The largest absolute Gasteiger partial charge is 0.295 e. The van der Waals surface area contributed by atoms with Gasteiger partial charge in [-0.1, -0.05) is 0 Å². The molecule has 4 heteroatoms. The van der Waals surface area contributed by atoms with Gasteiger partial charge in [-0.3, -0.25) is 4.79 Å². The van der Waals surface area contributed by atoms with Gasteiger partial charge < -0.3 is 0 Å². The summed E-state index contributed by atoms with van der Waals surface area (Å²) >= 11 is 1.15. The van der Waals surface area contributed by atoms with Crippen LogP contribution in [0, 0.1) is 0 Å². The third-order valence-corrected chi connectivity index (χ3v) is 1.63. The molecule has 9 heavy (non-hydrogen) atoms. The van der Waals surface area contributed by atoms with Gasteiger partial charge in [-0.2, -0.15) is 0 Å². The highest BCUT2D eigenvalue weighted by Gasteiger charge is 1.97. The fraction of sp³-hybridized carbons (Fsp3) is 0.200. The molecule has 48 valence electrons. The van der Waals surface area contributed by atoms with Crippen LogP contribution in [0.4, 0.5) is 4.39 Å². The van der Waals surface area contributed by atoms with Crippen LogP contribution in [0.15, 0.2) is 5.38 Å². The van der Waals surface area contributed by atoms with E-state index in [4.69, 9.17) is 0 Å². The molecule has 0 N–H and O–H groups in total. The van der Waals surface area contributed by atoms with E-state index in [1.807, 2.05) is 0 Å². The van der Waals surface area contributed by atoms with Crippen molar-refractivity contribution >= 4 is 17.6 Å². The molecule has 0 saturated heterocycles. The standard InChI is InChI=1S/C5H4FNOS/c6-1-4-3-9-5(2-8)7-4/h2-3H,1H2. The average Bonchev–Trinajstić information content (AvgIpc) is 2.34. The summed E-state index contributed by atoms with van der Waals surface area (Å²) in [6.07, 6.45) is 0.615. The molecule has 1 heterocycles. The number of nitrogens with zero attached hydrogens (tertiary/aromatic N) is 1. The zero-order valence-electron chi connectivity index (χ0n) is 4.50. The van der Waals surface area contributed by atoms with E-state index in [1.54, 1.807) is 0 Å². The number of halogens is 1. The van der Waals surface area contributed by atoms with Gasteiger partial charge in [-0.05, 0) is 0 Å². The zero-order chi connectivity index (χ0) is 6.69. The summed E-state index contributed by atoms with van der Waals surface area (Å²) in [6, 6.07) is 0. The molecule has 0 atom stereocenters. The first-order valence-electron chi connectivity index (χ1n) is 2.32. The minimum atomic E-state index is -0.593. The molecule has 0 bridgehead atoms. The van der Waals surface area contributed by atoms with Gasteiger partial charge in [0, 0.05) is 5.38 Å². The number of aromatic nitrogens is 1. The summed E-state index contributed by atoms with van der Waals surface area (Å²) in [6.45, 7) is -0.593. The Morgan fingerprint density at radius 2 is 2.67 bits per heavy atom. The van der Waals surface area contributed by atoms with Crippen molar-refractivity contribution in [2.75, 3.05) is 0 Å². The van der Waals surface area contributed by atoms with E-state index in [9.17, 15) is 9.18 Å². The predicted molar refractivity (Wildman–Crippen MR) is 32.3 cm³/mol. The van der Waals surface area contributed by atoms with Crippen LogP contribution >= 0.6 is 11.3 Å². The second-order valence-corrected chi connectivity index (χ2v) is 2.32. The molecule has 0 aliphatic carbocycles. The molecule has 0 radical (unpaired) electrons. The molecule has 0 spiro atoms. The Kier molecular flexibility index (Phi) is 1.89. The van der Waals surface area contributed by atoms with Gasteiger partial charge in [0.1, 0.15) is 6.67 Å². The monoisotopic (exact) mass is 145 g/mol. The lowest BCUT2D eigenvalue weighted by Gasteiger charge is -1.76. The summed E-state index contributed by atoms with van der Waals surface area (Å²) in [5.74, 6) is 0. The van der Waals surface area contributed by atoms with Crippen LogP contribution < -0.4 is 0 Å². The van der Waals surface area contributed by atoms with Crippen LogP contribution in [0.3, 0.4) is 0 Å². The lowest BCUT2D eigenvalue weighted by Crippen LogP contribution is -1.79. The van der Waals surface area contributed by atoms with Gasteiger partial charge in [0.15, 0.2) is 11.3 Å². The molecule has 1 aromatic heterocycles. The van der Waals surface area contributed by atoms with E-state index in [0.29, 0.717) is 17.0 Å². The minimum Gasteiger partial charge on any atom is -0.295 e. The highest BCUT2D eigenvalue weighted by molar-refractivity contribution is 7.11. The molecular formula is C5H4FNOS. The summed E-state index contributed by atoms with van der Waals surface area (Å²) in [4.78, 5) is 13.6. The van der Waals surface area contributed by atoms with Crippen molar-refractivity contribution in [1.29, 1.82) is 0 Å². The maximum Gasteiger partial charge on any atom is 0.178 e. The van der Waals surface area contributed by atoms with E-state index in [-0.39, 0.29) is 0 Å². The Bertz CT molecular complexity index is 210. The van der Waals surface area contributed by atoms with Crippen LogP contribution in [-0.2, 0) is 6.67 Å². The van der Waals surface area contributed by atoms with E-state index in [0.717, 1.165) is 11.3 Å². The third kappa shape index (κ3) is 1.32. The molecule has 0 aromatic carbocycles. The predicted octanol–water partition coefficient (Wildman–Crippen LogP) is 1.43. The van der Waals surface area contributed by atoms with Gasteiger partial charge in [0.05, 0.1) is 5.69 Å². The molecular weight excluding hydrogens is 141 g/mol. The van der Waals surface area contributed by atoms with Crippen molar-refractivity contribution in [3.05, 3.63) is 16.1 Å². The number of carbonyl (C=O) groups excluding carboxylic acids is 1. The van der Waals surface area contributed by atoms with Crippen LogP contribution in [0.5, 0.6) is 0 Å². The second-order valence-electron chi connectivity index (χ2n) is 1.43. The van der Waals surface area contributed by atoms with E-state index < -0.39 is 6.67 Å². The van der Waals surface area contributed by atoms with Crippen molar-refractivity contribution in [2.45, 2.75) is 6.67 Å². The number of alkyl halides is 1. The molecule has 0 aliphatic rings. The van der Waals surface area contributed by atoms with Gasteiger partial charge >= 0.3 is 0 Å². The average molecular weight is 145 g/mol. The fourth-order valence-corrected chi connectivity index (χ4v) is 1.04. The fourth-order valence-electron chi connectivity index (χ4n) is 0.438. The Hall–Kier alpha value is -0.770. The molecule has 2 nitrogen and oxygen atoms in total. The van der Waals surface area contributed by atoms with Gasteiger partial charge in [0.25, 0.3) is 0 Å². The van der Waals surface area contributed by atoms with Crippen LogP contribution in [-0.4, -0.2) is 11.3 Å². The Morgan fingerprint density at radius 3 is 3.00 bits per heavy atom. The number of rotatable bonds is 2. The Morgan fingerprint density at radius 1 is 1.89 bits per heavy atom. The molecule has 0 unspecified atom stereocenters. The summed E-state index contributed by atoms with van der Waals surface area (Å²) < 4.78 is 11.7. The van der Waals surface area contributed by atoms with Crippen molar-refractivity contribution in [3.8, 4) is 0 Å². The molecule has 1 rings (SSSR count). The van der Waals surface area contributed by atoms with E-state index >= 15 is 0 Å². The molecule has 0 aliphatic heterocycles. The van der Waals surface area contributed by atoms with Crippen LogP contribution in [0.25, 0.3) is 0 Å². The first-order valence-corrected chi connectivity index (χ1v) is 3.20. The van der Waals surface area contributed by atoms with Crippen molar-refractivity contribution in [1.82, 2.24) is 4.98 Å². The van der Waals surface area contributed by atoms with Crippen LogP contribution in [0.1, 0.15) is 15.5 Å². The molecule has 1 aromatic rings. The quantitative estimate of drug-likeness (QED) is 0.589. The smallest absolute Gasteiger partial charge is 0.178 e. The van der Waals surface area contributed by atoms with E-state index in [1.165, 1.54) is 5.38 Å². The summed E-state index contributed by atoms with van der Waals surface area (Å²) in [5, 5.41) is 1.87. The van der Waals surface area contributed by atoms with Crippen molar-refractivity contribution < 1.29 is 9.18 Å². The Balaban J connectivity index is 2.86. The normalized spacial score (nSPS) is 9.44. The van der Waals surface area contributed by atoms with E-state index in [2.05, 4.69) is 4.98 Å². The first kappa shape index (κ1) is 6.35. The Labute approximate surface area is 55.3 Å². The summed E-state index contributed by atoms with van der Waals surface area (Å²) in [5.41, 5.74) is 0.335. The highest BCUT2D eigenvalue weighted by atomic mass is 32.1. The van der Waals surface area contributed by atoms with Gasteiger partial charge in [0.2, 0.25) is 0 Å². The molecule has 0 fully saturated rings. The van der Waals surface area contributed by atoms with Gasteiger partial charge in [-0.25, -0.2) is 9.37 Å². The highest BCUT2D eigenvalue weighted by Crippen LogP contribution is 2.07. The van der Waals surface area contributed by atoms with Crippen molar-refractivity contribution in [3.63, 3.8) is 0 Å². The SMILES string of the molecule is O=Cc1nc(CF)cs1. The van der Waals surface area contributed by atoms with Crippen molar-refractivity contribution in [2.24, 2.45) is 0 Å². The minimum absolute atomic E-state index is 0.335. The number of carbonyl (C=O) groups is 1. The topological polar surface area (TPSA) is 30.0 Å². The lowest BCUT2D eigenvalue weighted by atomic mass is 10.5. The number of hydrogen-bond acceptors (Lipinski definition) is 3. The number of thiazole rings is 1. The zero-order valence-corrected chi connectivity index (χ0v) is 5.32. The maximum atomic E-state index is 11.7. The molecule has 0 amide bonds. The number of hydrogen-bond donors (Lipinski definition) is 0. The third-order valence-electron chi connectivity index (χ3n) is 0.807. The van der Waals surface area contributed by atoms with Crippen LogP contribution in [0.2, 0.25) is 0 Å².